The minimum Gasteiger partial charge on any atom is -0.495 e. The number of hydrogen-bond donors (Lipinski definition) is 1. The highest BCUT2D eigenvalue weighted by atomic mass is 35.5. The van der Waals surface area contributed by atoms with Gasteiger partial charge in [-0.15, -0.1) is 0 Å². The number of benzene rings is 1. The Kier molecular flexibility index (Phi) is 4.96. The van der Waals surface area contributed by atoms with Crippen molar-refractivity contribution in [2.75, 3.05) is 26.8 Å². The van der Waals surface area contributed by atoms with E-state index < -0.39 is 22.1 Å². The molecule has 0 saturated carbocycles. The molecule has 9 heteroatoms. The van der Waals surface area contributed by atoms with E-state index in [4.69, 9.17) is 26.2 Å². The highest BCUT2D eigenvalue weighted by molar-refractivity contribution is 7.89. The second kappa shape index (κ2) is 6.41. The van der Waals surface area contributed by atoms with Gasteiger partial charge in [0, 0.05) is 6.54 Å². The number of morpholine rings is 1. The number of carbonyl (C=O) groups is 1. The summed E-state index contributed by atoms with van der Waals surface area (Å²) in [5.74, 6) is -0.812. The van der Waals surface area contributed by atoms with Gasteiger partial charge in [-0.25, -0.2) is 13.2 Å². The molecule has 1 aromatic carbocycles. The van der Waals surface area contributed by atoms with Crippen molar-refractivity contribution in [2.45, 2.75) is 17.9 Å². The van der Waals surface area contributed by atoms with Crippen molar-refractivity contribution in [3.8, 4) is 5.75 Å². The zero-order valence-electron chi connectivity index (χ0n) is 12.1. The Balaban J connectivity index is 2.38. The summed E-state index contributed by atoms with van der Waals surface area (Å²) in [7, 11) is -2.42. The van der Waals surface area contributed by atoms with Crippen LogP contribution in [0.3, 0.4) is 0 Å². The lowest BCUT2D eigenvalue weighted by Crippen LogP contribution is -2.48. The summed E-state index contributed by atoms with van der Waals surface area (Å²) < 4.78 is 36.6. The van der Waals surface area contributed by atoms with Crippen molar-refractivity contribution in [3.63, 3.8) is 0 Å². The highest BCUT2D eigenvalue weighted by Crippen LogP contribution is 2.32. The van der Waals surface area contributed by atoms with Crippen LogP contribution in [0.15, 0.2) is 17.0 Å². The lowest BCUT2D eigenvalue weighted by molar-refractivity contribution is -0.153. The van der Waals surface area contributed by atoms with Crippen LogP contribution in [0.5, 0.6) is 5.75 Å². The Morgan fingerprint density at radius 3 is 2.77 bits per heavy atom. The monoisotopic (exact) mass is 349 g/mol. The number of methoxy groups -OCH3 is 1. The Morgan fingerprint density at radius 2 is 2.18 bits per heavy atom. The number of carboxylic acid groups (broad SMARTS) is 1. The molecule has 1 aliphatic rings. The van der Waals surface area contributed by atoms with Crippen LogP contribution in [0.4, 0.5) is 0 Å². The van der Waals surface area contributed by atoms with Gasteiger partial charge in [-0.1, -0.05) is 11.6 Å². The van der Waals surface area contributed by atoms with Gasteiger partial charge < -0.3 is 14.6 Å². The molecule has 0 aromatic heterocycles. The summed E-state index contributed by atoms with van der Waals surface area (Å²) in [6.45, 7) is 1.51. The smallest absolute Gasteiger partial charge is 0.334 e. The van der Waals surface area contributed by atoms with Crippen LogP contribution < -0.4 is 4.74 Å². The quantitative estimate of drug-likeness (QED) is 0.876. The van der Waals surface area contributed by atoms with Crippen molar-refractivity contribution in [1.82, 2.24) is 4.31 Å². The van der Waals surface area contributed by atoms with E-state index in [1.54, 1.807) is 6.92 Å². The first-order valence-corrected chi connectivity index (χ1v) is 8.28. The minimum absolute atomic E-state index is 0.0269. The topological polar surface area (TPSA) is 93.1 Å². The molecule has 0 aliphatic carbocycles. The molecule has 1 heterocycles. The van der Waals surface area contributed by atoms with E-state index in [1.165, 1.54) is 19.2 Å². The van der Waals surface area contributed by atoms with Gasteiger partial charge in [0.25, 0.3) is 0 Å². The highest BCUT2D eigenvalue weighted by Gasteiger charge is 2.35. The maximum Gasteiger partial charge on any atom is 0.334 e. The molecule has 1 atom stereocenters. The predicted octanol–water partition coefficient (Wildman–Crippen LogP) is 1.13. The number of hydrogen-bond acceptors (Lipinski definition) is 5. The fourth-order valence-corrected chi connectivity index (χ4v) is 4.17. The standard InChI is InChI=1S/C13H16ClNO6S/c1-8-5-10(20-2)9(14)6-12(8)22(18,19)15-3-4-21-11(7-15)13(16)17/h5-6,11H,3-4,7H2,1-2H3,(H,16,17). The molecule has 1 N–H and O–H groups in total. The first kappa shape index (κ1) is 17.0. The molecule has 1 fully saturated rings. The van der Waals surface area contributed by atoms with E-state index in [9.17, 15) is 13.2 Å². The molecule has 2 rings (SSSR count). The molecule has 1 saturated heterocycles. The van der Waals surface area contributed by atoms with Gasteiger partial charge in [0.05, 0.1) is 30.2 Å². The van der Waals surface area contributed by atoms with Crippen LogP contribution in [0.1, 0.15) is 5.56 Å². The minimum atomic E-state index is -3.86. The number of rotatable bonds is 4. The van der Waals surface area contributed by atoms with Crippen LogP contribution in [0.25, 0.3) is 0 Å². The summed E-state index contributed by atoms with van der Waals surface area (Å²) in [6, 6.07) is 2.85. The third-order valence-corrected chi connectivity index (χ3v) is 5.67. The first-order chi connectivity index (χ1) is 10.3. The van der Waals surface area contributed by atoms with Gasteiger partial charge in [-0.2, -0.15) is 4.31 Å². The SMILES string of the molecule is COc1cc(C)c(S(=O)(=O)N2CCOC(C(=O)O)C2)cc1Cl. The fourth-order valence-electron chi connectivity index (χ4n) is 2.20. The normalized spacial score (nSPS) is 19.9. The lowest BCUT2D eigenvalue weighted by Gasteiger charge is -2.30. The maximum absolute atomic E-state index is 12.7. The van der Waals surface area contributed by atoms with E-state index in [1.807, 2.05) is 0 Å². The predicted molar refractivity (Wildman–Crippen MR) is 78.9 cm³/mol. The Hall–Kier alpha value is -1.35. The van der Waals surface area contributed by atoms with Crippen LogP contribution in [0, 0.1) is 6.92 Å². The molecule has 1 aromatic rings. The third kappa shape index (κ3) is 3.19. The molecular formula is C13H16ClNO6S. The van der Waals surface area contributed by atoms with E-state index >= 15 is 0 Å². The molecule has 0 amide bonds. The third-order valence-electron chi connectivity index (χ3n) is 3.37. The molecule has 7 nitrogen and oxygen atoms in total. The average molecular weight is 350 g/mol. The molecular weight excluding hydrogens is 334 g/mol. The zero-order chi connectivity index (χ0) is 16.5. The Labute approximate surface area is 133 Å². The van der Waals surface area contributed by atoms with Crippen molar-refractivity contribution in [2.24, 2.45) is 0 Å². The van der Waals surface area contributed by atoms with Gasteiger partial charge in [0.2, 0.25) is 10.0 Å². The Morgan fingerprint density at radius 1 is 1.50 bits per heavy atom. The van der Waals surface area contributed by atoms with Gasteiger partial charge in [-0.05, 0) is 24.6 Å². The van der Waals surface area contributed by atoms with Gasteiger partial charge in [0.1, 0.15) is 5.75 Å². The van der Waals surface area contributed by atoms with Crippen LogP contribution in [-0.4, -0.2) is 56.7 Å². The van der Waals surface area contributed by atoms with Gasteiger partial charge in [-0.3, -0.25) is 0 Å². The van der Waals surface area contributed by atoms with E-state index in [0.717, 1.165) is 4.31 Å². The summed E-state index contributed by atoms with van der Waals surface area (Å²) >= 11 is 6.00. The summed E-state index contributed by atoms with van der Waals surface area (Å²) in [5.41, 5.74) is 0.472. The van der Waals surface area contributed by atoms with Crippen LogP contribution in [0.2, 0.25) is 5.02 Å². The van der Waals surface area contributed by atoms with E-state index in [0.29, 0.717) is 11.3 Å². The number of sulfonamides is 1. The van der Waals surface area contributed by atoms with E-state index in [2.05, 4.69) is 0 Å². The van der Waals surface area contributed by atoms with Gasteiger partial charge in [0.15, 0.2) is 6.10 Å². The zero-order valence-corrected chi connectivity index (χ0v) is 13.6. The molecule has 0 spiro atoms. The average Bonchev–Trinajstić information content (AvgIpc) is 2.49. The molecule has 0 bridgehead atoms. The van der Waals surface area contributed by atoms with Crippen molar-refractivity contribution in [3.05, 3.63) is 22.7 Å². The number of aliphatic carboxylic acids is 1. The van der Waals surface area contributed by atoms with Crippen LogP contribution in [-0.2, 0) is 19.6 Å². The number of ether oxygens (including phenoxy) is 2. The molecule has 0 radical (unpaired) electrons. The second-order valence-corrected chi connectivity index (χ2v) is 7.13. The number of nitrogens with zero attached hydrogens (tertiary/aromatic N) is 1. The van der Waals surface area contributed by atoms with E-state index in [-0.39, 0.29) is 29.6 Å². The second-order valence-electron chi connectivity index (χ2n) is 4.81. The van der Waals surface area contributed by atoms with Crippen molar-refractivity contribution < 1.29 is 27.8 Å². The Bertz CT molecular complexity index is 690. The summed E-state index contributed by atoms with van der Waals surface area (Å²) in [4.78, 5) is 11.0. The molecule has 1 aliphatic heterocycles. The molecule has 1 unspecified atom stereocenters. The molecule has 22 heavy (non-hydrogen) atoms. The lowest BCUT2D eigenvalue weighted by atomic mass is 10.2. The van der Waals surface area contributed by atoms with Crippen molar-refractivity contribution >= 4 is 27.6 Å². The van der Waals surface area contributed by atoms with Crippen molar-refractivity contribution in [1.29, 1.82) is 0 Å². The largest absolute Gasteiger partial charge is 0.495 e. The maximum atomic E-state index is 12.7. The van der Waals surface area contributed by atoms with Gasteiger partial charge >= 0.3 is 5.97 Å². The number of halogens is 1. The number of carboxylic acids is 1. The molecule has 122 valence electrons. The fraction of sp³-hybridized carbons (Fsp3) is 0.462. The first-order valence-electron chi connectivity index (χ1n) is 6.46. The number of aryl methyl sites for hydroxylation is 1. The summed E-state index contributed by atoms with van der Waals surface area (Å²) in [6.07, 6.45) is -1.17. The summed E-state index contributed by atoms with van der Waals surface area (Å²) in [5, 5.41) is 9.15. The van der Waals surface area contributed by atoms with Crippen LogP contribution >= 0.6 is 11.6 Å².